The number of anilines is 1. The second kappa shape index (κ2) is 9.07. The molecule has 0 saturated carbocycles. The molecule has 1 rings (SSSR count). The van der Waals surface area contributed by atoms with Crippen LogP contribution in [0.1, 0.15) is 39.0 Å². The molecule has 0 aliphatic carbocycles. The summed E-state index contributed by atoms with van der Waals surface area (Å²) < 4.78 is 12.7. The summed E-state index contributed by atoms with van der Waals surface area (Å²) in [4.78, 5) is 23.1. The highest BCUT2D eigenvalue weighted by atomic mass is 19.1. The Labute approximate surface area is 118 Å². The zero-order chi connectivity index (χ0) is 14.8. The number of rotatable bonds is 7. The van der Waals surface area contributed by atoms with Gasteiger partial charge >= 0.3 is 11.8 Å². The lowest BCUT2D eigenvalue weighted by molar-refractivity contribution is -0.136. The van der Waals surface area contributed by atoms with Gasteiger partial charge in [0.1, 0.15) is 5.82 Å². The Hall–Kier alpha value is -1.91. The monoisotopic (exact) mass is 280 g/mol. The molecule has 0 radical (unpaired) electrons. The van der Waals surface area contributed by atoms with Crippen molar-refractivity contribution in [2.45, 2.75) is 39.0 Å². The quantitative estimate of drug-likeness (QED) is 0.596. The van der Waals surface area contributed by atoms with Crippen LogP contribution in [0, 0.1) is 5.82 Å². The number of hydrogen-bond donors (Lipinski definition) is 2. The molecule has 1 aromatic rings. The van der Waals surface area contributed by atoms with Crippen molar-refractivity contribution in [2.75, 3.05) is 11.9 Å². The molecule has 1 aromatic carbocycles. The van der Waals surface area contributed by atoms with Gasteiger partial charge in [-0.3, -0.25) is 9.59 Å². The normalized spacial score (nSPS) is 10.1. The van der Waals surface area contributed by atoms with E-state index in [4.69, 9.17) is 0 Å². The topological polar surface area (TPSA) is 58.2 Å². The van der Waals surface area contributed by atoms with E-state index in [1.807, 2.05) is 0 Å². The van der Waals surface area contributed by atoms with Crippen LogP contribution in [0.5, 0.6) is 0 Å². The minimum Gasteiger partial charge on any atom is -0.348 e. The first-order chi connectivity index (χ1) is 9.63. The van der Waals surface area contributed by atoms with Gasteiger partial charge in [0.05, 0.1) is 0 Å². The van der Waals surface area contributed by atoms with Crippen molar-refractivity contribution in [1.82, 2.24) is 5.32 Å². The molecule has 2 N–H and O–H groups in total. The summed E-state index contributed by atoms with van der Waals surface area (Å²) in [5, 5.41) is 4.98. The van der Waals surface area contributed by atoms with E-state index in [9.17, 15) is 14.0 Å². The van der Waals surface area contributed by atoms with Gasteiger partial charge in [-0.25, -0.2) is 4.39 Å². The highest BCUT2D eigenvalue weighted by Crippen LogP contribution is 2.07. The van der Waals surface area contributed by atoms with Crippen molar-refractivity contribution in [3.05, 3.63) is 30.1 Å². The first-order valence-corrected chi connectivity index (χ1v) is 6.98. The van der Waals surface area contributed by atoms with Crippen molar-refractivity contribution in [3.8, 4) is 0 Å². The van der Waals surface area contributed by atoms with Crippen molar-refractivity contribution < 1.29 is 14.0 Å². The molecule has 4 nitrogen and oxygen atoms in total. The predicted octanol–water partition coefficient (Wildman–Crippen LogP) is 2.85. The molecule has 0 fully saturated rings. The Balaban J connectivity index is 2.22. The molecular formula is C15H21FN2O2. The molecule has 0 unspecified atom stereocenters. The predicted molar refractivity (Wildman–Crippen MR) is 76.8 cm³/mol. The highest BCUT2D eigenvalue weighted by Gasteiger charge is 2.12. The Morgan fingerprint density at radius 1 is 1.00 bits per heavy atom. The number of halogens is 1. The van der Waals surface area contributed by atoms with Crippen molar-refractivity contribution in [3.63, 3.8) is 0 Å². The van der Waals surface area contributed by atoms with Gasteiger partial charge in [0.25, 0.3) is 0 Å². The van der Waals surface area contributed by atoms with Crippen LogP contribution in [-0.2, 0) is 9.59 Å². The summed E-state index contributed by atoms with van der Waals surface area (Å²) in [6.07, 6.45) is 5.43. The maximum atomic E-state index is 12.7. The molecule has 0 spiro atoms. The number of nitrogens with one attached hydrogen (secondary N) is 2. The van der Waals surface area contributed by atoms with Crippen molar-refractivity contribution >= 4 is 17.5 Å². The molecule has 0 aliphatic rings. The second-order valence-electron chi connectivity index (χ2n) is 4.63. The fourth-order valence-electron chi connectivity index (χ4n) is 1.73. The largest absolute Gasteiger partial charge is 0.348 e. The van der Waals surface area contributed by atoms with E-state index in [0.717, 1.165) is 19.3 Å². The number of amides is 2. The lowest BCUT2D eigenvalue weighted by atomic mass is 10.1. The van der Waals surface area contributed by atoms with E-state index in [0.29, 0.717) is 12.2 Å². The van der Waals surface area contributed by atoms with Gasteiger partial charge in [-0.1, -0.05) is 32.6 Å². The molecule has 0 bridgehead atoms. The molecule has 0 aromatic heterocycles. The van der Waals surface area contributed by atoms with Crippen LogP contribution >= 0.6 is 0 Å². The summed E-state index contributed by atoms with van der Waals surface area (Å²) in [5.41, 5.74) is 0.398. The summed E-state index contributed by atoms with van der Waals surface area (Å²) in [6.45, 7) is 2.64. The summed E-state index contributed by atoms with van der Waals surface area (Å²) in [7, 11) is 0. The lowest BCUT2D eigenvalue weighted by Crippen LogP contribution is -2.35. The number of benzene rings is 1. The summed E-state index contributed by atoms with van der Waals surface area (Å²) in [6, 6.07) is 5.26. The van der Waals surface area contributed by atoms with Gasteiger partial charge in [-0.2, -0.15) is 0 Å². The summed E-state index contributed by atoms with van der Waals surface area (Å²) in [5.74, 6) is -1.78. The zero-order valence-corrected chi connectivity index (χ0v) is 11.7. The van der Waals surface area contributed by atoms with E-state index in [2.05, 4.69) is 17.6 Å². The SMILES string of the molecule is CCCCCCCNC(=O)C(=O)Nc1ccc(F)cc1. The molecular weight excluding hydrogens is 259 g/mol. The maximum absolute atomic E-state index is 12.7. The maximum Gasteiger partial charge on any atom is 0.313 e. The zero-order valence-electron chi connectivity index (χ0n) is 11.7. The number of carbonyl (C=O) groups is 2. The first-order valence-electron chi connectivity index (χ1n) is 6.98. The van der Waals surface area contributed by atoms with Gasteiger partial charge in [0.2, 0.25) is 0 Å². The van der Waals surface area contributed by atoms with E-state index >= 15 is 0 Å². The van der Waals surface area contributed by atoms with E-state index in [-0.39, 0.29) is 5.82 Å². The van der Waals surface area contributed by atoms with Crippen molar-refractivity contribution in [2.24, 2.45) is 0 Å². The second-order valence-corrected chi connectivity index (χ2v) is 4.63. The molecule has 5 heteroatoms. The van der Waals surface area contributed by atoms with Crippen LogP contribution in [0.3, 0.4) is 0 Å². The van der Waals surface area contributed by atoms with Crippen LogP contribution in [0.15, 0.2) is 24.3 Å². The molecule has 20 heavy (non-hydrogen) atoms. The third-order valence-electron chi connectivity index (χ3n) is 2.87. The number of unbranched alkanes of at least 4 members (excludes halogenated alkanes) is 4. The molecule has 0 aliphatic heterocycles. The van der Waals surface area contributed by atoms with Gasteiger partial charge in [-0.15, -0.1) is 0 Å². The third kappa shape index (κ3) is 6.31. The smallest absolute Gasteiger partial charge is 0.313 e. The average Bonchev–Trinajstić information content (AvgIpc) is 2.45. The highest BCUT2D eigenvalue weighted by molar-refractivity contribution is 6.39. The van der Waals surface area contributed by atoms with Gasteiger partial charge in [0.15, 0.2) is 0 Å². The Kier molecular flexibility index (Phi) is 7.32. The lowest BCUT2D eigenvalue weighted by Gasteiger charge is -2.06. The van der Waals surface area contributed by atoms with Crippen LogP contribution in [-0.4, -0.2) is 18.4 Å². The van der Waals surface area contributed by atoms with Crippen LogP contribution in [0.2, 0.25) is 0 Å². The minimum absolute atomic E-state index is 0.389. The van der Waals surface area contributed by atoms with E-state index in [1.165, 1.54) is 37.1 Å². The molecule has 0 atom stereocenters. The minimum atomic E-state index is -0.731. The number of hydrogen-bond acceptors (Lipinski definition) is 2. The first kappa shape index (κ1) is 16.1. The fraction of sp³-hybridized carbons (Fsp3) is 0.467. The van der Waals surface area contributed by atoms with Crippen LogP contribution in [0.25, 0.3) is 0 Å². The van der Waals surface area contributed by atoms with Gasteiger partial charge in [0, 0.05) is 12.2 Å². The van der Waals surface area contributed by atoms with Crippen LogP contribution < -0.4 is 10.6 Å². The van der Waals surface area contributed by atoms with Gasteiger partial charge in [-0.05, 0) is 30.7 Å². The number of carbonyl (C=O) groups excluding carboxylic acids is 2. The average molecular weight is 280 g/mol. The fourth-order valence-corrected chi connectivity index (χ4v) is 1.73. The standard InChI is InChI=1S/C15H21FN2O2/c1-2-3-4-5-6-11-17-14(19)15(20)18-13-9-7-12(16)8-10-13/h7-10H,2-6,11H2,1H3,(H,17,19)(H,18,20). The Bertz CT molecular complexity index is 432. The van der Waals surface area contributed by atoms with E-state index in [1.54, 1.807) is 0 Å². The van der Waals surface area contributed by atoms with Crippen LogP contribution in [0.4, 0.5) is 10.1 Å². The van der Waals surface area contributed by atoms with E-state index < -0.39 is 11.8 Å². The molecule has 0 heterocycles. The third-order valence-corrected chi connectivity index (χ3v) is 2.87. The summed E-state index contributed by atoms with van der Waals surface area (Å²) >= 11 is 0. The van der Waals surface area contributed by atoms with Crippen molar-refractivity contribution in [1.29, 1.82) is 0 Å². The Morgan fingerprint density at radius 3 is 2.30 bits per heavy atom. The molecule has 0 saturated heterocycles. The Morgan fingerprint density at radius 2 is 1.65 bits per heavy atom. The van der Waals surface area contributed by atoms with Gasteiger partial charge < -0.3 is 10.6 Å². The molecule has 110 valence electrons. The molecule has 2 amide bonds.